The first-order valence-electron chi connectivity index (χ1n) is 7.85. The van der Waals surface area contributed by atoms with Crippen LogP contribution in [0.4, 0.5) is 0 Å². The molecule has 0 aliphatic rings. The standard InChI is InChI=1S/C19H15ClN4O/c20-17-4-3-5-18-22-15(13-24(17)18)12-21-19(25)14-6-8-16(9-7-14)23-10-1-2-11-23/h1-11,13H,12H2,(H,21,25). The molecule has 0 aliphatic carbocycles. The second-order valence-electron chi connectivity index (χ2n) is 5.63. The summed E-state index contributed by atoms with van der Waals surface area (Å²) in [5, 5.41) is 3.47. The minimum Gasteiger partial charge on any atom is -0.346 e. The first-order valence-corrected chi connectivity index (χ1v) is 8.22. The van der Waals surface area contributed by atoms with Gasteiger partial charge in [-0.15, -0.1) is 0 Å². The van der Waals surface area contributed by atoms with E-state index < -0.39 is 0 Å². The van der Waals surface area contributed by atoms with Gasteiger partial charge in [0.2, 0.25) is 0 Å². The molecule has 0 radical (unpaired) electrons. The molecule has 3 aromatic heterocycles. The summed E-state index contributed by atoms with van der Waals surface area (Å²) in [6, 6.07) is 16.9. The van der Waals surface area contributed by atoms with Gasteiger partial charge in [0.15, 0.2) is 0 Å². The van der Waals surface area contributed by atoms with Crippen LogP contribution in [0.25, 0.3) is 11.3 Å². The highest BCUT2D eigenvalue weighted by Crippen LogP contribution is 2.14. The predicted octanol–water partition coefficient (Wildman–Crippen LogP) is 3.71. The van der Waals surface area contributed by atoms with E-state index in [4.69, 9.17) is 11.6 Å². The van der Waals surface area contributed by atoms with Crippen molar-refractivity contribution >= 4 is 23.2 Å². The number of rotatable bonds is 4. The van der Waals surface area contributed by atoms with Gasteiger partial charge in [-0.25, -0.2) is 4.98 Å². The number of fused-ring (bicyclic) bond motifs is 1. The van der Waals surface area contributed by atoms with Gasteiger partial charge in [-0.3, -0.25) is 9.20 Å². The maximum absolute atomic E-state index is 12.3. The van der Waals surface area contributed by atoms with Crippen molar-refractivity contribution in [2.45, 2.75) is 6.54 Å². The van der Waals surface area contributed by atoms with Crippen LogP contribution in [0.3, 0.4) is 0 Å². The number of carbonyl (C=O) groups is 1. The Bertz CT molecular complexity index is 1020. The third-order valence-electron chi connectivity index (χ3n) is 3.95. The van der Waals surface area contributed by atoms with Gasteiger partial charge in [-0.05, 0) is 48.5 Å². The number of aromatic nitrogens is 3. The maximum atomic E-state index is 12.3. The smallest absolute Gasteiger partial charge is 0.251 e. The fourth-order valence-corrected chi connectivity index (χ4v) is 2.89. The van der Waals surface area contributed by atoms with Crippen LogP contribution in [-0.4, -0.2) is 19.9 Å². The number of nitrogens with zero attached hydrogens (tertiary/aromatic N) is 3. The van der Waals surface area contributed by atoms with Crippen LogP contribution < -0.4 is 5.32 Å². The SMILES string of the molecule is O=C(NCc1cn2c(Cl)cccc2n1)c1ccc(-n2cccc2)cc1. The van der Waals surface area contributed by atoms with Crippen LogP contribution in [0.2, 0.25) is 5.15 Å². The molecule has 3 heterocycles. The summed E-state index contributed by atoms with van der Waals surface area (Å²) < 4.78 is 3.77. The van der Waals surface area contributed by atoms with Crippen molar-refractivity contribution in [3.63, 3.8) is 0 Å². The van der Waals surface area contributed by atoms with E-state index in [0.29, 0.717) is 17.3 Å². The fourth-order valence-electron chi connectivity index (χ4n) is 2.68. The molecule has 0 saturated heterocycles. The highest BCUT2D eigenvalue weighted by atomic mass is 35.5. The molecule has 25 heavy (non-hydrogen) atoms. The second kappa shape index (κ2) is 6.45. The predicted molar refractivity (Wildman–Crippen MR) is 97.1 cm³/mol. The number of hydrogen-bond acceptors (Lipinski definition) is 2. The average Bonchev–Trinajstić information content (AvgIpc) is 3.30. The van der Waals surface area contributed by atoms with Gasteiger partial charge >= 0.3 is 0 Å². The number of amides is 1. The molecular weight excluding hydrogens is 336 g/mol. The molecule has 6 heteroatoms. The van der Waals surface area contributed by atoms with Crippen molar-refractivity contribution in [3.8, 4) is 5.69 Å². The minimum atomic E-state index is -0.137. The van der Waals surface area contributed by atoms with Crippen LogP contribution in [0, 0.1) is 0 Å². The summed E-state index contributed by atoms with van der Waals surface area (Å²) in [5.74, 6) is -0.137. The summed E-state index contributed by atoms with van der Waals surface area (Å²) in [6.07, 6.45) is 5.75. The van der Waals surface area contributed by atoms with Gasteiger partial charge in [-0.2, -0.15) is 0 Å². The monoisotopic (exact) mass is 350 g/mol. The lowest BCUT2D eigenvalue weighted by Crippen LogP contribution is -2.22. The van der Waals surface area contributed by atoms with Crippen LogP contribution in [-0.2, 0) is 6.54 Å². The second-order valence-corrected chi connectivity index (χ2v) is 6.02. The van der Waals surface area contributed by atoms with E-state index >= 15 is 0 Å². The Morgan fingerprint density at radius 3 is 2.52 bits per heavy atom. The van der Waals surface area contributed by atoms with Gasteiger partial charge in [0.05, 0.1) is 12.2 Å². The van der Waals surface area contributed by atoms with E-state index in [1.54, 1.807) is 10.5 Å². The van der Waals surface area contributed by atoms with Crippen LogP contribution in [0.15, 0.2) is 73.2 Å². The number of nitrogens with one attached hydrogen (secondary N) is 1. The van der Waals surface area contributed by atoms with Gasteiger partial charge < -0.3 is 9.88 Å². The lowest BCUT2D eigenvalue weighted by atomic mass is 10.2. The first kappa shape index (κ1) is 15.5. The lowest BCUT2D eigenvalue weighted by molar-refractivity contribution is 0.0950. The fraction of sp³-hybridized carbons (Fsp3) is 0.0526. The summed E-state index contributed by atoms with van der Waals surface area (Å²) in [6.45, 7) is 0.343. The molecule has 0 fully saturated rings. The molecule has 1 aromatic carbocycles. The van der Waals surface area contributed by atoms with Crippen molar-refractivity contribution < 1.29 is 4.79 Å². The highest BCUT2D eigenvalue weighted by molar-refractivity contribution is 6.29. The van der Waals surface area contributed by atoms with Gasteiger partial charge in [0, 0.05) is 29.8 Å². The molecule has 4 aromatic rings. The molecule has 0 atom stereocenters. The number of hydrogen-bond donors (Lipinski definition) is 1. The van der Waals surface area contributed by atoms with E-state index in [9.17, 15) is 4.79 Å². The first-order chi connectivity index (χ1) is 12.2. The van der Waals surface area contributed by atoms with Crippen LogP contribution in [0.1, 0.15) is 16.1 Å². The lowest BCUT2D eigenvalue weighted by Gasteiger charge is -2.06. The van der Waals surface area contributed by atoms with Gasteiger partial charge in [0.1, 0.15) is 10.8 Å². The Labute approximate surface area is 149 Å². The zero-order valence-electron chi connectivity index (χ0n) is 13.3. The van der Waals surface area contributed by atoms with Crippen molar-refractivity contribution in [2.75, 3.05) is 0 Å². The topological polar surface area (TPSA) is 51.3 Å². The zero-order chi connectivity index (χ0) is 17.2. The Kier molecular flexibility index (Phi) is 3.99. The summed E-state index contributed by atoms with van der Waals surface area (Å²) in [5.41, 5.74) is 3.13. The van der Waals surface area contributed by atoms with Crippen LogP contribution >= 0.6 is 11.6 Å². The average molecular weight is 351 g/mol. The zero-order valence-corrected chi connectivity index (χ0v) is 14.0. The van der Waals surface area contributed by atoms with Crippen molar-refractivity contribution in [3.05, 3.63) is 89.6 Å². The highest BCUT2D eigenvalue weighted by Gasteiger charge is 2.08. The van der Waals surface area contributed by atoms with E-state index in [2.05, 4.69) is 10.3 Å². The number of halogens is 1. The molecule has 1 amide bonds. The molecule has 0 unspecified atom stereocenters. The van der Waals surface area contributed by atoms with E-state index in [-0.39, 0.29) is 5.91 Å². The Balaban J connectivity index is 1.45. The Morgan fingerprint density at radius 1 is 1.04 bits per heavy atom. The molecule has 4 rings (SSSR count). The van der Waals surface area contributed by atoms with E-state index in [0.717, 1.165) is 17.0 Å². The number of imidazole rings is 1. The number of pyridine rings is 1. The molecule has 0 spiro atoms. The maximum Gasteiger partial charge on any atom is 0.251 e. The molecule has 0 bridgehead atoms. The van der Waals surface area contributed by atoms with Gasteiger partial charge in [-0.1, -0.05) is 17.7 Å². The van der Waals surface area contributed by atoms with Gasteiger partial charge in [0.25, 0.3) is 5.91 Å². The molecule has 0 saturated carbocycles. The third kappa shape index (κ3) is 3.14. The third-order valence-corrected chi connectivity index (χ3v) is 4.26. The summed E-state index contributed by atoms with van der Waals surface area (Å²) >= 11 is 6.12. The Hall–Kier alpha value is -3.05. The molecule has 5 nitrogen and oxygen atoms in total. The number of carbonyl (C=O) groups excluding carboxylic acids is 1. The molecule has 124 valence electrons. The summed E-state index contributed by atoms with van der Waals surface area (Å²) in [7, 11) is 0. The van der Waals surface area contributed by atoms with Crippen molar-refractivity contribution in [1.82, 2.24) is 19.3 Å². The largest absolute Gasteiger partial charge is 0.346 e. The Morgan fingerprint density at radius 2 is 1.80 bits per heavy atom. The van der Waals surface area contributed by atoms with Crippen molar-refractivity contribution in [1.29, 1.82) is 0 Å². The minimum absolute atomic E-state index is 0.137. The molecule has 0 aliphatic heterocycles. The van der Waals surface area contributed by atoms with E-state index in [1.165, 1.54) is 0 Å². The normalized spacial score (nSPS) is 10.9. The molecular formula is C19H15ClN4O. The molecule has 1 N–H and O–H groups in total. The quantitative estimate of drug-likeness (QED) is 0.570. The van der Waals surface area contributed by atoms with E-state index in [1.807, 2.05) is 71.7 Å². The number of benzene rings is 1. The van der Waals surface area contributed by atoms with Crippen LogP contribution in [0.5, 0.6) is 0 Å². The van der Waals surface area contributed by atoms with Crippen molar-refractivity contribution in [2.24, 2.45) is 0 Å². The summed E-state index contributed by atoms with van der Waals surface area (Å²) in [4.78, 5) is 16.8.